The molecule has 0 aromatic heterocycles. The lowest BCUT2D eigenvalue weighted by Crippen LogP contribution is -2.29. The van der Waals surface area contributed by atoms with Crippen LogP contribution in [0.3, 0.4) is 0 Å². The van der Waals surface area contributed by atoms with Gasteiger partial charge in [0.25, 0.3) is 0 Å². The lowest BCUT2D eigenvalue weighted by atomic mass is 10.3. The van der Waals surface area contributed by atoms with E-state index in [9.17, 15) is 4.39 Å². The molecule has 0 radical (unpaired) electrons. The van der Waals surface area contributed by atoms with Crippen LogP contribution in [0, 0.1) is 0 Å². The Morgan fingerprint density at radius 2 is 2.36 bits per heavy atom. The van der Waals surface area contributed by atoms with Crippen LogP contribution in [-0.4, -0.2) is 37.0 Å². The zero-order valence-corrected chi connectivity index (χ0v) is 7.22. The fourth-order valence-electron chi connectivity index (χ4n) is 1.45. The van der Waals surface area contributed by atoms with Gasteiger partial charge in [-0.3, -0.25) is 4.90 Å². The molecule has 1 aliphatic heterocycles. The molecule has 0 aromatic rings. The Balaban J connectivity index is 2.23. The maximum Gasteiger partial charge on any atom is 0.188 e. The standard InChI is InChI=1S/C8H16FNO/c1-7(2)10-4-3-8(5-10)11-6-9/h7-8H,3-6H2,1-2H3. The molecule has 0 aliphatic carbocycles. The molecular formula is C8H16FNO. The molecule has 0 bridgehead atoms. The smallest absolute Gasteiger partial charge is 0.188 e. The SMILES string of the molecule is CC(C)N1CCC(OCF)C1. The summed E-state index contributed by atoms with van der Waals surface area (Å²) in [7, 11) is 0. The van der Waals surface area contributed by atoms with Crippen LogP contribution in [0.2, 0.25) is 0 Å². The third-order valence-electron chi connectivity index (χ3n) is 2.21. The zero-order chi connectivity index (χ0) is 8.27. The highest BCUT2D eigenvalue weighted by molar-refractivity contribution is 4.77. The molecular weight excluding hydrogens is 145 g/mol. The molecule has 0 spiro atoms. The van der Waals surface area contributed by atoms with Crippen molar-refractivity contribution in [1.29, 1.82) is 0 Å². The van der Waals surface area contributed by atoms with Crippen molar-refractivity contribution in [2.24, 2.45) is 0 Å². The van der Waals surface area contributed by atoms with E-state index in [1.165, 1.54) is 0 Å². The minimum absolute atomic E-state index is 0.127. The summed E-state index contributed by atoms with van der Waals surface area (Å²) in [5, 5.41) is 0. The van der Waals surface area contributed by atoms with E-state index >= 15 is 0 Å². The number of alkyl halides is 1. The molecule has 3 heteroatoms. The molecule has 1 aliphatic rings. The number of hydrogen-bond donors (Lipinski definition) is 0. The van der Waals surface area contributed by atoms with Crippen LogP contribution in [0.4, 0.5) is 4.39 Å². The van der Waals surface area contributed by atoms with Gasteiger partial charge >= 0.3 is 0 Å². The molecule has 1 fully saturated rings. The van der Waals surface area contributed by atoms with Gasteiger partial charge in [-0.25, -0.2) is 4.39 Å². The van der Waals surface area contributed by atoms with Crippen molar-refractivity contribution >= 4 is 0 Å². The lowest BCUT2D eigenvalue weighted by Gasteiger charge is -2.19. The van der Waals surface area contributed by atoms with Crippen molar-refractivity contribution in [2.45, 2.75) is 32.4 Å². The molecule has 1 unspecified atom stereocenters. The summed E-state index contributed by atoms with van der Waals surface area (Å²) < 4.78 is 16.6. The maximum atomic E-state index is 11.7. The van der Waals surface area contributed by atoms with Crippen LogP contribution < -0.4 is 0 Å². The van der Waals surface area contributed by atoms with Crippen molar-refractivity contribution in [3.8, 4) is 0 Å². The van der Waals surface area contributed by atoms with Crippen LogP contribution in [0.1, 0.15) is 20.3 Å². The second kappa shape index (κ2) is 4.02. The van der Waals surface area contributed by atoms with E-state index in [0.29, 0.717) is 6.04 Å². The Labute approximate surface area is 67.3 Å². The summed E-state index contributed by atoms with van der Waals surface area (Å²) in [4.78, 5) is 2.31. The average molecular weight is 161 g/mol. The van der Waals surface area contributed by atoms with Crippen LogP contribution in [0.25, 0.3) is 0 Å². The number of hydrogen-bond acceptors (Lipinski definition) is 2. The highest BCUT2D eigenvalue weighted by Crippen LogP contribution is 2.14. The molecule has 1 saturated heterocycles. The highest BCUT2D eigenvalue weighted by Gasteiger charge is 2.24. The highest BCUT2D eigenvalue weighted by atomic mass is 19.1. The predicted molar refractivity (Wildman–Crippen MR) is 42.2 cm³/mol. The van der Waals surface area contributed by atoms with Crippen LogP contribution in [0.15, 0.2) is 0 Å². The predicted octanol–water partition coefficient (Wildman–Crippen LogP) is 1.41. The lowest BCUT2D eigenvalue weighted by molar-refractivity contribution is 0.0000550. The third kappa shape index (κ3) is 2.42. The quantitative estimate of drug-likeness (QED) is 0.620. The number of ether oxygens (including phenoxy) is 1. The maximum absolute atomic E-state index is 11.7. The van der Waals surface area contributed by atoms with Crippen molar-refractivity contribution < 1.29 is 9.13 Å². The van der Waals surface area contributed by atoms with Crippen LogP contribution in [0.5, 0.6) is 0 Å². The van der Waals surface area contributed by atoms with E-state index in [1.54, 1.807) is 0 Å². The summed E-state index contributed by atoms with van der Waals surface area (Å²) in [6.45, 7) is 5.59. The molecule has 66 valence electrons. The molecule has 1 rings (SSSR count). The van der Waals surface area contributed by atoms with Gasteiger partial charge in [0.2, 0.25) is 0 Å². The van der Waals surface area contributed by atoms with Crippen molar-refractivity contribution in [1.82, 2.24) is 4.90 Å². The van der Waals surface area contributed by atoms with Crippen LogP contribution in [-0.2, 0) is 4.74 Å². The fourth-order valence-corrected chi connectivity index (χ4v) is 1.45. The minimum atomic E-state index is -0.642. The topological polar surface area (TPSA) is 12.5 Å². The third-order valence-corrected chi connectivity index (χ3v) is 2.21. The van der Waals surface area contributed by atoms with E-state index in [4.69, 9.17) is 4.74 Å². The summed E-state index contributed by atoms with van der Waals surface area (Å²) >= 11 is 0. The Morgan fingerprint density at radius 1 is 1.64 bits per heavy atom. The molecule has 0 saturated carbocycles. The molecule has 11 heavy (non-hydrogen) atoms. The first-order valence-corrected chi connectivity index (χ1v) is 4.15. The Kier molecular flexibility index (Phi) is 3.27. The largest absolute Gasteiger partial charge is 0.346 e. The molecule has 0 amide bonds. The average Bonchev–Trinajstić information content (AvgIpc) is 2.37. The summed E-state index contributed by atoms with van der Waals surface area (Å²) in [6, 6.07) is 0.559. The molecule has 1 heterocycles. The van der Waals surface area contributed by atoms with Crippen LogP contribution >= 0.6 is 0 Å². The summed E-state index contributed by atoms with van der Waals surface area (Å²) in [6.07, 6.45) is 1.10. The van der Waals surface area contributed by atoms with E-state index < -0.39 is 6.86 Å². The number of likely N-dealkylation sites (tertiary alicyclic amines) is 1. The van der Waals surface area contributed by atoms with Gasteiger partial charge in [-0.15, -0.1) is 0 Å². The van der Waals surface area contributed by atoms with E-state index in [1.807, 2.05) is 0 Å². The molecule has 0 N–H and O–H groups in total. The Hall–Kier alpha value is -0.150. The first-order chi connectivity index (χ1) is 5.24. The first-order valence-electron chi connectivity index (χ1n) is 4.15. The molecule has 1 atom stereocenters. The number of halogens is 1. The van der Waals surface area contributed by atoms with Crippen molar-refractivity contribution in [3.63, 3.8) is 0 Å². The minimum Gasteiger partial charge on any atom is -0.346 e. The first kappa shape index (κ1) is 8.94. The van der Waals surface area contributed by atoms with Gasteiger partial charge in [-0.1, -0.05) is 0 Å². The Bertz CT molecular complexity index is 119. The van der Waals surface area contributed by atoms with E-state index in [-0.39, 0.29) is 6.10 Å². The van der Waals surface area contributed by atoms with Gasteiger partial charge in [-0.05, 0) is 20.3 Å². The fraction of sp³-hybridized carbons (Fsp3) is 1.00. The van der Waals surface area contributed by atoms with Gasteiger partial charge in [0.05, 0.1) is 6.10 Å². The van der Waals surface area contributed by atoms with Gasteiger partial charge < -0.3 is 4.74 Å². The van der Waals surface area contributed by atoms with Crippen molar-refractivity contribution in [2.75, 3.05) is 20.0 Å². The summed E-state index contributed by atoms with van der Waals surface area (Å²) in [5.74, 6) is 0. The zero-order valence-electron chi connectivity index (χ0n) is 7.22. The number of rotatable bonds is 3. The van der Waals surface area contributed by atoms with Gasteiger partial charge in [-0.2, -0.15) is 0 Å². The van der Waals surface area contributed by atoms with Gasteiger partial charge in [0.15, 0.2) is 6.86 Å². The second-order valence-electron chi connectivity index (χ2n) is 3.28. The molecule has 0 aromatic carbocycles. The van der Waals surface area contributed by atoms with E-state index in [0.717, 1.165) is 19.5 Å². The van der Waals surface area contributed by atoms with E-state index in [2.05, 4.69) is 18.7 Å². The van der Waals surface area contributed by atoms with Crippen molar-refractivity contribution in [3.05, 3.63) is 0 Å². The monoisotopic (exact) mass is 161 g/mol. The van der Waals surface area contributed by atoms with Gasteiger partial charge in [0, 0.05) is 19.1 Å². The van der Waals surface area contributed by atoms with Gasteiger partial charge in [0.1, 0.15) is 0 Å². The molecule has 2 nitrogen and oxygen atoms in total. The second-order valence-corrected chi connectivity index (χ2v) is 3.28. The normalized spacial score (nSPS) is 26.7. The summed E-state index contributed by atoms with van der Waals surface area (Å²) in [5.41, 5.74) is 0. The number of nitrogens with zero attached hydrogens (tertiary/aromatic N) is 1. The Morgan fingerprint density at radius 3 is 2.82 bits per heavy atom.